The fourth-order valence-electron chi connectivity index (χ4n) is 2.91. The van der Waals surface area contributed by atoms with Gasteiger partial charge in [-0.2, -0.15) is 0 Å². The van der Waals surface area contributed by atoms with Crippen molar-refractivity contribution in [2.45, 2.75) is 5.37 Å². The lowest BCUT2D eigenvalue weighted by atomic mass is 10.2. The number of hydrogen-bond donors (Lipinski definition) is 0. The van der Waals surface area contributed by atoms with E-state index in [1.54, 1.807) is 33.1 Å². The normalized spacial score (nSPS) is 16.3. The summed E-state index contributed by atoms with van der Waals surface area (Å²) in [4.78, 5) is 14.2. The third-order valence-corrected chi connectivity index (χ3v) is 5.58. The molecule has 0 bridgehead atoms. The minimum atomic E-state index is -0.0585. The van der Waals surface area contributed by atoms with E-state index in [9.17, 15) is 4.79 Å². The highest BCUT2D eigenvalue weighted by molar-refractivity contribution is 8.00. The molecule has 0 spiro atoms. The van der Waals surface area contributed by atoms with Gasteiger partial charge in [0.25, 0.3) is 0 Å². The first-order valence-corrected chi connectivity index (χ1v) is 9.61. The Kier molecular flexibility index (Phi) is 6.34. The molecule has 7 heteroatoms. The van der Waals surface area contributed by atoms with Gasteiger partial charge in [0.05, 0.1) is 33.6 Å². The fourth-order valence-corrected chi connectivity index (χ4v) is 4.12. The van der Waals surface area contributed by atoms with Crippen LogP contribution in [-0.4, -0.2) is 51.0 Å². The Morgan fingerprint density at radius 3 is 2.33 bits per heavy atom. The van der Waals surface area contributed by atoms with Gasteiger partial charge in [-0.3, -0.25) is 4.79 Å². The molecule has 1 unspecified atom stereocenters. The molecule has 3 rings (SSSR count). The average molecular weight is 389 g/mol. The molecular weight excluding hydrogens is 366 g/mol. The molecule has 1 aliphatic rings. The quantitative estimate of drug-likeness (QED) is 0.690. The molecule has 0 aliphatic carbocycles. The summed E-state index contributed by atoms with van der Waals surface area (Å²) in [7, 11) is 4.84. The third-order valence-electron chi connectivity index (χ3n) is 4.32. The number of rotatable bonds is 8. The molecule has 27 heavy (non-hydrogen) atoms. The number of thioether (sulfide) groups is 1. The van der Waals surface area contributed by atoms with Crippen LogP contribution >= 0.6 is 11.8 Å². The molecule has 0 radical (unpaired) electrons. The smallest absolute Gasteiger partial charge is 0.233 e. The molecule has 1 heterocycles. The number of nitrogens with zero attached hydrogens (tertiary/aromatic N) is 1. The van der Waals surface area contributed by atoms with Crippen molar-refractivity contribution in [2.24, 2.45) is 0 Å². The van der Waals surface area contributed by atoms with E-state index in [1.165, 1.54) is 0 Å². The van der Waals surface area contributed by atoms with Gasteiger partial charge < -0.3 is 23.8 Å². The average Bonchev–Trinajstić information content (AvgIpc) is 3.08. The van der Waals surface area contributed by atoms with Crippen LogP contribution in [0.3, 0.4) is 0 Å². The Bertz CT molecular complexity index is 780. The first-order chi connectivity index (χ1) is 13.2. The van der Waals surface area contributed by atoms with Crippen LogP contribution in [-0.2, 0) is 4.79 Å². The van der Waals surface area contributed by atoms with Crippen LogP contribution in [0.15, 0.2) is 42.5 Å². The Morgan fingerprint density at radius 1 is 0.963 bits per heavy atom. The van der Waals surface area contributed by atoms with Crippen LogP contribution in [0.5, 0.6) is 23.0 Å². The Labute approximate surface area is 163 Å². The van der Waals surface area contributed by atoms with E-state index in [0.717, 1.165) is 17.1 Å². The van der Waals surface area contributed by atoms with Gasteiger partial charge in [0, 0.05) is 0 Å². The van der Waals surface area contributed by atoms with E-state index in [4.69, 9.17) is 18.9 Å². The summed E-state index contributed by atoms with van der Waals surface area (Å²) < 4.78 is 21.6. The van der Waals surface area contributed by atoms with E-state index in [2.05, 4.69) is 0 Å². The van der Waals surface area contributed by atoms with Crippen LogP contribution in [0.2, 0.25) is 0 Å². The molecule has 1 aliphatic heterocycles. The van der Waals surface area contributed by atoms with Crippen molar-refractivity contribution in [3.05, 3.63) is 48.0 Å². The zero-order valence-electron chi connectivity index (χ0n) is 15.6. The van der Waals surface area contributed by atoms with Crippen molar-refractivity contribution in [1.82, 2.24) is 4.90 Å². The maximum absolute atomic E-state index is 12.3. The van der Waals surface area contributed by atoms with Gasteiger partial charge in [-0.05, 0) is 42.0 Å². The van der Waals surface area contributed by atoms with E-state index >= 15 is 0 Å². The summed E-state index contributed by atoms with van der Waals surface area (Å²) in [5.41, 5.74) is 1.01. The van der Waals surface area contributed by atoms with E-state index in [1.807, 2.05) is 47.4 Å². The SMILES string of the molecule is COc1ccc(OCCN2C(=O)CSC2c2ccc(OC)c(OC)c2)cc1. The molecule has 2 aromatic rings. The first-order valence-electron chi connectivity index (χ1n) is 8.56. The minimum Gasteiger partial charge on any atom is -0.497 e. The molecule has 1 saturated heterocycles. The third kappa shape index (κ3) is 4.42. The van der Waals surface area contributed by atoms with Gasteiger partial charge >= 0.3 is 0 Å². The van der Waals surface area contributed by atoms with Crippen LogP contribution < -0.4 is 18.9 Å². The van der Waals surface area contributed by atoms with Crippen molar-refractivity contribution in [1.29, 1.82) is 0 Å². The molecule has 1 atom stereocenters. The summed E-state index contributed by atoms with van der Waals surface area (Å²) >= 11 is 1.60. The van der Waals surface area contributed by atoms with Crippen molar-refractivity contribution in [3.63, 3.8) is 0 Å². The van der Waals surface area contributed by atoms with E-state index in [-0.39, 0.29) is 11.3 Å². The Morgan fingerprint density at radius 2 is 1.67 bits per heavy atom. The van der Waals surface area contributed by atoms with Crippen molar-refractivity contribution in [2.75, 3.05) is 40.2 Å². The highest BCUT2D eigenvalue weighted by Crippen LogP contribution is 2.41. The molecular formula is C20H23NO5S. The maximum Gasteiger partial charge on any atom is 0.233 e. The summed E-state index contributed by atoms with van der Waals surface area (Å²) in [6.07, 6.45) is 0. The minimum absolute atomic E-state index is 0.0585. The largest absolute Gasteiger partial charge is 0.497 e. The highest BCUT2D eigenvalue weighted by Gasteiger charge is 2.33. The maximum atomic E-state index is 12.3. The van der Waals surface area contributed by atoms with Crippen LogP contribution in [0.1, 0.15) is 10.9 Å². The lowest BCUT2D eigenvalue weighted by Gasteiger charge is -2.25. The van der Waals surface area contributed by atoms with Gasteiger partial charge in [0.2, 0.25) is 5.91 Å². The molecule has 1 amide bonds. The van der Waals surface area contributed by atoms with Crippen molar-refractivity contribution < 1.29 is 23.7 Å². The van der Waals surface area contributed by atoms with Gasteiger partial charge in [-0.1, -0.05) is 6.07 Å². The van der Waals surface area contributed by atoms with Gasteiger partial charge in [0.1, 0.15) is 23.5 Å². The highest BCUT2D eigenvalue weighted by atomic mass is 32.2. The van der Waals surface area contributed by atoms with Crippen LogP contribution in [0.4, 0.5) is 0 Å². The molecule has 6 nitrogen and oxygen atoms in total. The van der Waals surface area contributed by atoms with Crippen molar-refractivity contribution in [3.8, 4) is 23.0 Å². The number of benzene rings is 2. The van der Waals surface area contributed by atoms with Gasteiger partial charge in [0.15, 0.2) is 11.5 Å². The summed E-state index contributed by atoms with van der Waals surface area (Å²) in [6.45, 7) is 0.930. The molecule has 2 aromatic carbocycles. The molecule has 0 N–H and O–H groups in total. The zero-order chi connectivity index (χ0) is 19.2. The number of hydrogen-bond acceptors (Lipinski definition) is 6. The Balaban J connectivity index is 1.65. The lowest BCUT2D eigenvalue weighted by Crippen LogP contribution is -2.32. The fraction of sp³-hybridized carbons (Fsp3) is 0.350. The molecule has 0 saturated carbocycles. The Hall–Kier alpha value is -2.54. The van der Waals surface area contributed by atoms with E-state index in [0.29, 0.717) is 30.4 Å². The predicted molar refractivity (Wildman–Crippen MR) is 105 cm³/mol. The van der Waals surface area contributed by atoms with Gasteiger partial charge in [-0.25, -0.2) is 0 Å². The lowest BCUT2D eigenvalue weighted by molar-refractivity contribution is -0.128. The second-order valence-electron chi connectivity index (χ2n) is 5.89. The standard InChI is InChI=1S/C20H23NO5S/c1-23-15-5-7-16(8-6-15)26-11-10-21-19(22)13-27-20(21)14-4-9-17(24-2)18(12-14)25-3/h4-9,12,20H,10-11,13H2,1-3H3. The monoisotopic (exact) mass is 389 g/mol. The number of methoxy groups -OCH3 is 3. The van der Waals surface area contributed by atoms with Gasteiger partial charge in [-0.15, -0.1) is 11.8 Å². The van der Waals surface area contributed by atoms with Crippen LogP contribution in [0, 0.1) is 0 Å². The second kappa shape index (κ2) is 8.90. The van der Waals surface area contributed by atoms with Crippen molar-refractivity contribution >= 4 is 17.7 Å². The number of amides is 1. The predicted octanol–water partition coefficient (Wildman–Crippen LogP) is 3.37. The first kappa shape index (κ1) is 19.2. The second-order valence-corrected chi connectivity index (χ2v) is 6.96. The number of carbonyl (C=O) groups is 1. The molecule has 1 fully saturated rings. The molecule has 0 aromatic heterocycles. The summed E-state index contributed by atoms with van der Waals surface area (Å²) in [5, 5.41) is -0.0585. The topological polar surface area (TPSA) is 57.2 Å². The summed E-state index contributed by atoms with van der Waals surface area (Å²) in [5.74, 6) is 3.42. The summed E-state index contributed by atoms with van der Waals surface area (Å²) in [6, 6.07) is 13.2. The number of carbonyl (C=O) groups excluding carboxylic acids is 1. The molecule has 144 valence electrons. The number of ether oxygens (including phenoxy) is 4. The zero-order valence-corrected chi connectivity index (χ0v) is 16.5. The van der Waals surface area contributed by atoms with Crippen LogP contribution in [0.25, 0.3) is 0 Å². The van der Waals surface area contributed by atoms with E-state index < -0.39 is 0 Å².